The maximum absolute atomic E-state index is 12.6. The van der Waals surface area contributed by atoms with E-state index in [1.807, 2.05) is 0 Å². The van der Waals surface area contributed by atoms with Crippen molar-refractivity contribution in [3.05, 3.63) is 101 Å². The van der Waals surface area contributed by atoms with Gasteiger partial charge in [0.05, 0.1) is 31.0 Å². The molecule has 2 aliphatic carbocycles. The van der Waals surface area contributed by atoms with Crippen LogP contribution in [0.2, 0.25) is 10.1 Å². The SMILES string of the molecule is C=C(C)C(=O)OCCCc1cc(-c2ccc(-c3ccc(C4CCC(CCCCC)CC4)cc3)cc2C2CC2)cc(CCCOC(=O)C(=C)C)c1OCCC(CCCC)(C(C)(C)O[Si]C(C)(C)C)C(C)(C)O[Si]C(C)(C)C. The van der Waals surface area contributed by atoms with Crippen molar-refractivity contribution in [1.29, 1.82) is 0 Å². The fourth-order valence-corrected chi connectivity index (χ4v) is 12.9. The molecule has 3 aromatic rings. The molecule has 0 bridgehead atoms. The summed E-state index contributed by atoms with van der Waals surface area (Å²) in [6, 6.07) is 21.3. The van der Waals surface area contributed by atoms with Crippen LogP contribution in [0.4, 0.5) is 0 Å². The molecule has 0 N–H and O–H groups in total. The van der Waals surface area contributed by atoms with Crippen molar-refractivity contribution in [2.75, 3.05) is 19.8 Å². The summed E-state index contributed by atoms with van der Waals surface area (Å²) in [6.07, 6.45) is 19.3. The van der Waals surface area contributed by atoms with Gasteiger partial charge in [0, 0.05) is 16.6 Å². The second-order valence-electron chi connectivity index (χ2n) is 25.8. The summed E-state index contributed by atoms with van der Waals surface area (Å²) in [7, 11) is 0.612. The molecular weight excluding hydrogens is 973 g/mol. The molecule has 2 aliphatic rings. The molecule has 0 unspecified atom stereocenters. The average Bonchev–Trinajstić information content (AvgIpc) is 4.24. The number of ether oxygens (including phenoxy) is 3. The van der Waals surface area contributed by atoms with Crippen molar-refractivity contribution in [3.63, 3.8) is 0 Å². The summed E-state index contributed by atoms with van der Waals surface area (Å²) in [5.41, 5.74) is 9.17. The Kier molecular flexibility index (Phi) is 23.6. The molecule has 2 fully saturated rings. The highest BCUT2D eigenvalue weighted by atomic mass is 28.2. The Morgan fingerprint density at radius 2 is 1.07 bits per heavy atom. The number of benzene rings is 3. The lowest BCUT2D eigenvalue weighted by atomic mass is 9.59. The van der Waals surface area contributed by atoms with E-state index in [9.17, 15) is 9.59 Å². The average molecular weight is 1070 g/mol. The van der Waals surface area contributed by atoms with Crippen LogP contribution < -0.4 is 4.74 Å². The van der Waals surface area contributed by atoms with Gasteiger partial charge in [-0.15, -0.1) is 0 Å². The van der Waals surface area contributed by atoms with Gasteiger partial charge in [0.1, 0.15) is 5.75 Å². The number of rotatable bonds is 31. The number of hydrogen-bond acceptors (Lipinski definition) is 7. The molecule has 0 amide bonds. The van der Waals surface area contributed by atoms with E-state index in [2.05, 4.69) is 151 Å². The van der Waals surface area contributed by atoms with Crippen LogP contribution >= 0.6 is 0 Å². The lowest BCUT2D eigenvalue weighted by molar-refractivity contribution is -0.158. The summed E-state index contributed by atoms with van der Waals surface area (Å²) in [6.45, 7) is 39.1. The standard InChI is InChI=1S/C67H100O7Si2/c1-17-19-21-24-49-27-29-50(30-28-49)51-31-33-52(34-32-51)54-37-38-58(59(46-54)53-35-36-53)57-44-55(25-22-41-71-61(68)47(3)4)60(56(45-57)26-23-42-72-62(69)48(5)6)70-43-40-67(39-20-18-2,65(13,14)73-75-63(7,8)9)66(15,16)74-76-64(10,11)12/h31-34,37-38,44-46,49-50,53H,3,5,17-30,35-36,39-43H2,1-2,4,6-16H3. The lowest BCUT2D eigenvalue weighted by Crippen LogP contribution is -2.61. The van der Waals surface area contributed by atoms with Crippen LogP contribution in [0.15, 0.2) is 78.9 Å². The zero-order valence-corrected chi connectivity index (χ0v) is 52.0. The van der Waals surface area contributed by atoms with Crippen molar-refractivity contribution in [1.82, 2.24) is 0 Å². The molecular formula is C67H100O7Si2. The summed E-state index contributed by atoms with van der Waals surface area (Å²) in [5, 5.41) is 0.00550. The van der Waals surface area contributed by atoms with Gasteiger partial charge < -0.3 is 23.1 Å². The van der Waals surface area contributed by atoms with Gasteiger partial charge in [-0.25, -0.2) is 9.59 Å². The predicted octanol–water partition coefficient (Wildman–Crippen LogP) is 18.1. The second-order valence-corrected chi connectivity index (χ2v) is 29.6. The van der Waals surface area contributed by atoms with E-state index in [1.54, 1.807) is 13.8 Å². The first-order valence-electron chi connectivity index (χ1n) is 29.4. The molecule has 0 spiro atoms. The molecule has 76 heavy (non-hydrogen) atoms. The Morgan fingerprint density at radius 3 is 1.54 bits per heavy atom. The lowest BCUT2D eigenvalue weighted by Gasteiger charge is -2.56. The van der Waals surface area contributed by atoms with Gasteiger partial charge in [0.25, 0.3) is 0 Å². The Morgan fingerprint density at radius 1 is 0.566 bits per heavy atom. The molecule has 0 heterocycles. The summed E-state index contributed by atoms with van der Waals surface area (Å²) >= 11 is 0. The third kappa shape index (κ3) is 18.4. The van der Waals surface area contributed by atoms with Gasteiger partial charge in [-0.1, -0.05) is 150 Å². The number of carbonyl (C=O) groups is 2. The van der Waals surface area contributed by atoms with Crippen molar-refractivity contribution < 1.29 is 32.7 Å². The zero-order valence-electron chi connectivity index (χ0n) is 50.0. The molecule has 0 saturated heterocycles. The number of esters is 2. The van der Waals surface area contributed by atoms with Gasteiger partial charge in [0.15, 0.2) is 0 Å². The third-order valence-corrected chi connectivity index (χ3v) is 18.5. The largest absolute Gasteiger partial charge is 0.493 e. The van der Waals surface area contributed by atoms with Crippen molar-refractivity contribution in [3.8, 4) is 28.0 Å². The molecule has 3 aromatic carbocycles. The Balaban J connectivity index is 1.56. The van der Waals surface area contributed by atoms with Crippen LogP contribution in [0, 0.1) is 11.3 Å². The maximum atomic E-state index is 12.6. The van der Waals surface area contributed by atoms with Crippen LogP contribution in [0.5, 0.6) is 5.75 Å². The van der Waals surface area contributed by atoms with Crippen LogP contribution in [0.1, 0.15) is 234 Å². The van der Waals surface area contributed by atoms with E-state index >= 15 is 0 Å². The van der Waals surface area contributed by atoms with Crippen LogP contribution in [-0.4, -0.2) is 62.5 Å². The molecule has 5 rings (SSSR count). The topological polar surface area (TPSA) is 80.3 Å². The van der Waals surface area contributed by atoms with E-state index < -0.39 is 16.6 Å². The quantitative estimate of drug-likeness (QED) is 0.0275. The number of carbonyl (C=O) groups excluding carboxylic acids is 2. The van der Waals surface area contributed by atoms with Crippen LogP contribution in [-0.2, 0) is 40.8 Å². The molecule has 9 heteroatoms. The minimum Gasteiger partial charge on any atom is -0.493 e. The van der Waals surface area contributed by atoms with Gasteiger partial charge in [-0.3, -0.25) is 0 Å². The first-order chi connectivity index (χ1) is 35.8. The molecule has 7 nitrogen and oxygen atoms in total. The number of unbranched alkanes of at least 4 members (excludes halogenated alkanes) is 3. The van der Waals surface area contributed by atoms with Crippen molar-refractivity contribution >= 4 is 31.5 Å². The van der Waals surface area contributed by atoms with Crippen LogP contribution in [0.3, 0.4) is 0 Å². The molecule has 0 aliphatic heterocycles. The number of hydrogen-bond donors (Lipinski definition) is 0. The van der Waals surface area contributed by atoms with Crippen molar-refractivity contribution in [2.45, 2.75) is 246 Å². The third-order valence-electron chi connectivity index (χ3n) is 16.0. The van der Waals surface area contributed by atoms with Gasteiger partial charge in [0.2, 0.25) is 19.5 Å². The summed E-state index contributed by atoms with van der Waals surface area (Å²) in [5.74, 6) is 2.16. The van der Waals surface area contributed by atoms with E-state index in [4.69, 9.17) is 23.1 Å². The fourth-order valence-electron chi connectivity index (χ4n) is 11.3. The number of aryl methyl sites for hydroxylation is 2. The smallest absolute Gasteiger partial charge is 0.333 e. The highest BCUT2D eigenvalue weighted by Gasteiger charge is 2.56. The predicted molar refractivity (Wildman–Crippen MR) is 320 cm³/mol. The zero-order chi connectivity index (χ0) is 55.9. The van der Waals surface area contributed by atoms with E-state index in [0.717, 1.165) is 47.6 Å². The fraction of sp³-hybridized carbons (Fsp3) is 0.642. The van der Waals surface area contributed by atoms with E-state index in [0.29, 0.717) is 81.2 Å². The minimum absolute atomic E-state index is 0.00275. The Bertz CT molecular complexity index is 2270. The molecule has 418 valence electrons. The Hall–Kier alpha value is -3.77. The second kappa shape index (κ2) is 28.4. The van der Waals surface area contributed by atoms with Crippen molar-refractivity contribution in [2.24, 2.45) is 11.3 Å². The highest BCUT2D eigenvalue weighted by Crippen LogP contribution is 2.53. The molecule has 4 radical (unpaired) electrons. The summed E-state index contributed by atoms with van der Waals surface area (Å²) < 4.78 is 32.9. The Labute approximate surface area is 467 Å². The monoisotopic (exact) mass is 1070 g/mol. The van der Waals surface area contributed by atoms with E-state index in [1.165, 1.54) is 92.0 Å². The molecule has 0 aromatic heterocycles. The van der Waals surface area contributed by atoms with E-state index in [-0.39, 0.29) is 35.2 Å². The van der Waals surface area contributed by atoms with Crippen LogP contribution in [0.25, 0.3) is 22.3 Å². The minimum atomic E-state index is -0.556. The van der Waals surface area contributed by atoms with Gasteiger partial charge in [-0.2, -0.15) is 0 Å². The summed E-state index contributed by atoms with van der Waals surface area (Å²) in [4.78, 5) is 25.2. The van der Waals surface area contributed by atoms with Gasteiger partial charge >= 0.3 is 11.9 Å². The molecule has 0 atom stereocenters. The molecule has 2 saturated carbocycles. The highest BCUT2D eigenvalue weighted by molar-refractivity contribution is 6.32. The normalized spacial score (nSPS) is 16.6. The first-order valence-corrected chi connectivity index (χ1v) is 31.2. The first kappa shape index (κ1) is 63.1. The van der Waals surface area contributed by atoms with Gasteiger partial charge in [-0.05, 0) is 203 Å². The maximum Gasteiger partial charge on any atom is 0.333 e.